The highest BCUT2D eigenvalue weighted by molar-refractivity contribution is 6.02. The zero-order valence-electron chi connectivity index (χ0n) is 16.1. The maximum absolute atomic E-state index is 12.7. The lowest BCUT2D eigenvalue weighted by Gasteiger charge is -2.43. The first-order valence-corrected chi connectivity index (χ1v) is 8.99. The van der Waals surface area contributed by atoms with Crippen LogP contribution in [-0.4, -0.2) is 48.8 Å². The molecule has 0 aliphatic heterocycles. The van der Waals surface area contributed by atoms with Crippen LogP contribution in [0, 0.1) is 11.8 Å². The van der Waals surface area contributed by atoms with Crippen molar-refractivity contribution in [2.24, 2.45) is 11.8 Å². The number of benzene rings is 1. The molecule has 1 aliphatic carbocycles. The third-order valence-corrected chi connectivity index (χ3v) is 4.85. The molecule has 0 saturated heterocycles. The van der Waals surface area contributed by atoms with E-state index in [2.05, 4.69) is 0 Å². The van der Waals surface area contributed by atoms with E-state index in [0.717, 1.165) is 0 Å². The second kappa shape index (κ2) is 8.52. The minimum absolute atomic E-state index is 0.110. The fourth-order valence-electron chi connectivity index (χ4n) is 3.71. The summed E-state index contributed by atoms with van der Waals surface area (Å²) in [6.07, 6.45) is -0.327. The number of methoxy groups -OCH3 is 1. The van der Waals surface area contributed by atoms with Crippen LogP contribution in [0.1, 0.15) is 38.7 Å². The van der Waals surface area contributed by atoms with Gasteiger partial charge in [-0.3, -0.25) is 14.4 Å². The highest BCUT2D eigenvalue weighted by atomic mass is 16.5. The Labute approximate surface area is 158 Å². The molecule has 1 N–H and O–H groups in total. The minimum Gasteiger partial charge on any atom is -0.497 e. The third-order valence-electron chi connectivity index (χ3n) is 4.85. The number of ether oxygens (including phenoxy) is 3. The summed E-state index contributed by atoms with van der Waals surface area (Å²) in [6.45, 7) is 4.96. The summed E-state index contributed by atoms with van der Waals surface area (Å²) in [5, 5.41) is 10.9. The molecule has 0 bridgehead atoms. The van der Waals surface area contributed by atoms with E-state index < -0.39 is 41.1 Å². The van der Waals surface area contributed by atoms with E-state index in [0.29, 0.717) is 11.3 Å². The normalized spacial score (nSPS) is 27.7. The van der Waals surface area contributed by atoms with Gasteiger partial charge in [0.1, 0.15) is 11.7 Å². The van der Waals surface area contributed by atoms with Gasteiger partial charge in [0.15, 0.2) is 5.78 Å². The average molecular weight is 378 g/mol. The molecule has 1 aliphatic rings. The SMILES string of the molecule is CCOC(=O)[C@@H]1C(=O)C[C@@](C)(O)[C@H](C(=O)OCC)[C@@H]1c1ccc(OC)cc1. The Balaban J connectivity index is 2.59. The maximum Gasteiger partial charge on any atom is 0.317 e. The van der Waals surface area contributed by atoms with Crippen molar-refractivity contribution in [2.75, 3.05) is 20.3 Å². The van der Waals surface area contributed by atoms with Crippen LogP contribution in [0.4, 0.5) is 0 Å². The topological polar surface area (TPSA) is 99.1 Å². The zero-order chi connectivity index (χ0) is 20.2. The van der Waals surface area contributed by atoms with E-state index in [9.17, 15) is 19.5 Å². The van der Waals surface area contributed by atoms with E-state index in [-0.39, 0.29) is 19.6 Å². The number of rotatable bonds is 6. The molecular formula is C20H26O7. The van der Waals surface area contributed by atoms with Gasteiger partial charge in [-0.1, -0.05) is 12.1 Å². The summed E-state index contributed by atoms with van der Waals surface area (Å²) in [5.41, 5.74) is -1.09. The molecule has 7 heteroatoms. The molecular weight excluding hydrogens is 352 g/mol. The van der Waals surface area contributed by atoms with Crippen LogP contribution in [0.2, 0.25) is 0 Å². The number of Topliss-reactive ketones (excluding diaryl/α,β-unsaturated/α-hetero) is 1. The summed E-state index contributed by atoms with van der Waals surface area (Å²) in [5.74, 6) is -4.39. The van der Waals surface area contributed by atoms with Crippen molar-refractivity contribution in [2.45, 2.75) is 38.7 Å². The summed E-state index contributed by atoms with van der Waals surface area (Å²) >= 11 is 0. The van der Waals surface area contributed by atoms with Crippen LogP contribution in [0.25, 0.3) is 0 Å². The van der Waals surface area contributed by atoms with Crippen LogP contribution in [0.15, 0.2) is 24.3 Å². The van der Waals surface area contributed by atoms with Crippen LogP contribution in [0.3, 0.4) is 0 Å². The van der Waals surface area contributed by atoms with Crippen molar-refractivity contribution in [1.29, 1.82) is 0 Å². The number of carbonyl (C=O) groups excluding carboxylic acids is 3. The Morgan fingerprint density at radius 2 is 1.67 bits per heavy atom. The number of hydrogen-bond donors (Lipinski definition) is 1. The predicted octanol–water partition coefficient (Wildman–Crippen LogP) is 1.86. The lowest BCUT2D eigenvalue weighted by Crippen LogP contribution is -2.55. The van der Waals surface area contributed by atoms with Crippen LogP contribution in [-0.2, 0) is 23.9 Å². The molecule has 4 atom stereocenters. The van der Waals surface area contributed by atoms with Gasteiger partial charge in [-0.25, -0.2) is 0 Å². The zero-order valence-corrected chi connectivity index (χ0v) is 16.1. The van der Waals surface area contributed by atoms with Crippen LogP contribution in [0.5, 0.6) is 5.75 Å². The lowest BCUT2D eigenvalue weighted by atomic mass is 9.61. The molecule has 0 unspecified atom stereocenters. The molecule has 2 rings (SSSR count). The number of ketones is 1. The Kier molecular flexibility index (Phi) is 6.59. The van der Waals surface area contributed by atoms with Crippen molar-refractivity contribution in [3.63, 3.8) is 0 Å². The molecule has 0 spiro atoms. The molecule has 1 aromatic carbocycles. The standard InChI is InChI=1S/C20H26O7/c1-5-26-18(22)16-14(21)11-20(3,24)17(19(23)27-6-2)15(16)12-7-9-13(25-4)10-8-12/h7-10,15-17,24H,5-6,11H2,1-4H3/t15-,16-,17+,20-/m1/s1. The third kappa shape index (κ3) is 4.30. The van der Waals surface area contributed by atoms with E-state index in [1.807, 2.05) is 0 Å². The maximum atomic E-state index is 12.7. The molecule has 27 heavy (non-hydrogen) atoms. The van der Waals surface area contributed by atoms with Gasteiger partial charge in [0.2, 0.25) is 0 Å². The van der Waals surface area contributed by atoms with Gasteiger partial charge in [0, 0.05) is 12.3 Å². The first kappa shape index (κ1) is 20.9. The molecule has 1 fully saturated rings. The lowest BCUT2D eigenvalue weighted by molar-refractivity contribution is -0.172. The molecule has 148 valence electrons. The first-order valence-electron chi connectivity index (χ1n) is 8.99. The van der Waals surface area contributed by atoms with Gasteiger partial charge in [0.25, 0.3) is 0 Å². The molecule has 7 nitrogen and oxygen atoms in total. The van der Waals surface area contributed by atoms with Crippen molar-refractivity contribution in [3.05, 3.63) is 29.8 Å². The first-order chi connectivity index (χ1) is 12.8. The van der Waals surface area contributed by atoms with Gasteiger partial charge >= 0.3 is 11.9 Å². The molecule has 0 amide bonds. The van der Waals surface area contributed by atoms with Crippen molar-refractivity contribution in [1.82, 2.24) is 0 Å². The largest absolute Gasteiger partial charge is 0.497 e. The minimum atomic E-state index is -1.64. The summed E-state index contributed by atoms with van der Waals surface area (Å²) in [4.78, 5) is 38.0. The van der Waals surface area contributed by atoms with E-state index in [1.54, 1.807) is 38.1 Å². The molecule has 0 radical (unpaired) electrons. The van der Waals surface area contributed by atoms with E-state index in [1.165, 1.54) is 14.0 Å². The molecule has 1 saturated carbocycles. The smallest absolute Gasteiger partial charge is 0.317 e. The Morgan fingerprint density at radius 3 is 2.19 bits per heavy atom. The average Bonchev–Trinajstić information content (AvgIpc) is 2.60. The monoisotopic (exact) mass is 378 g/mol. The van der Waals surface area contributed by atoms with E-state index >= 15 is 0 Å². The van der Waals surface area contributed by atoms with Crippen LogP contribution >= 0.6 is 0 Å². The second-order valence-electron chi connectivity index (χ2n) is 6.76. The van der Waals surface area contributed by atoms with Crippen LogP contribution < -0.4 is 4.74 Å². The number of carbonyl (C=O) groups is 3. The highest BCUT2D eigenvalue weighted by Gasteiger charge is 2.57. The molecule has 0 heterocycles. The van der Waals surface area contributed by atoms with Gasteiger partial charge in [0.05, 0.1) is 31.8 Å². The van der Waals surface area contributed by atoms with Gasteiger partial charge in [-0.2, -0.15) is 0 Å². The number of hydrogen-bond acceptors (Lipinski definition) is 7. The second-order valence-corrected chi connectivity index (χ2v) is 6.76. The van der Waals surface area contributed by atoms with E-state index in [4.69, 9.17) is 14.2 Å². The van der Waals surface area contributed by atoms with Crippen molar-refractivity contribution >= 4 is 17.7 Å². The summed E-state index contributed by atoms with van der Waals surface area (Å²) in [7, 11) is 1.52. The fraction of sp³-hybridized carbons (Fsp3) is 0.550. The summed E-state index contributed by atoms with van der Waals surface area (Å²) < 4.78 is 15.4. The fourth-order valence-corrected chi connectivity index (χ4v) is 3.71. The molecule has 1 aromatic rings. The highest BCUT2D eigenvalue weighted by Crippen LogP contribution is 2.46. The number of esters is 2. The van der Waals surface area contributed by atoms with Crippen molar-refractivity contribution < 1.29 is 33.7 Å². The number of aliphatic hydroxyl groups is 1. The van der Waals surface area contributed by atoms with Gasteiger partial charge in [-0.15, -0.1) is 0 Å². The van der Waals surface area contributed by atoms with Gasteiger partial charge in [-0.05, 0) is 38.5 Å². The van der Waals surface area contributed by atoms with Gasteiger partial charge < -0.3 is 19.3 Å². The quantitative estimate of drug-likeness (QED) is 0.596. The Morgan fingerprint density at radius 1 is 1.11 bits per heavy atom. The molecule has 0 aromatic heterocycles. The Hall–Kier alpha value is -2.41. The predicted molar refractivity (Wildman–Crippen MR) is 96.2 cm³/mol. The summed E-state index contributed by atoms with van der Waals surface area (Å²) in [6, 6.07) is 6.70. The van der Waals surface area contributed by atoms with Crippen molar-refractivity contribution in [3.8, 4) is 5.75 Å². The Bertz CT molecular complexity index is 693.